The van der Waals surface area contributed by atoms with Crippen molar-refractivity contribution in [2.45, 2.75) is 17.3 Å². The van der Waals surface area contributed by atoms with E-state index in [0.29, 0.717) is 27.5 Å². The van der Waals surface area contributed by atoms with Crippen LogP contribution in [0.2, 0.25) is 0 Å². The normalized spacial score (nSPS) is 11.8. The summed E-state index contributed by atoms with van der Waals surface area (Å²) in [6.07, 6.45) is 0. The zero-order valence-electron chi connectivity index (χ0n) is 15.2. The molecule has 3 rings (SSSR count). The van der Waals surface area contributed by atoms with Crippen LogP contribution in [0.25, 0.3) is 16.6 Å². The Hall–Kier alpha value is -3.33. The molecule has 3 N–H and O–H groups in total. The average Bonchev–Trinajstić information content (AvgIpc) is 2.67. The topological polar surface area (TPSA) is 116 Å². The molecule has 0 aliphatic carbocycles. The van der Waals surface area contributed by atoms with Crippen molar-refractivity contribution in [3.8, 4) is 11.4 Å². The third kappa shape index (κ3) is 3.99. The number of nitrogens with one attached hydrogen (secondary N) is 1. The molecule has 2 aromatic carbocycles. The maximum atomic E-state index is 13.2. The van der Waals surface area contributed by atoms with Crippen molar-refractivity contribution in [2.75, 3.05) is 7.11 Å². The van der Waals surface area contributed by atoms with E-state index in [-0.39, 0.29) is 5.56 Å². The molecule has 144 valence electrons. The molecule has 3 amide bonds. The predicted molar refractivity (Wildman–Crippen MR) is 107 cm³/mol. The predicted octanol–water partition coefficient (Wildman–Crippen LogP) is 2.07. The van der Waals surface area contributed by atoms with Gasteiger partial charge in [-0.15, -0.1) is 0 Å². The molecule has 0 spiro atoms. The molecule has 0 bridgehead atoms. The zero-order valence-corrected chi connectivity index (χ0v) is 16.0. The maximum absolute atomic E-state index is 13.2. The van der Waals surface area contributed by atoms with Crippen molar-refractivity contribution in [3.63, 3.8) is 0 Å². The van der Waals surface area contributed by atoms with E-state index in [9.17, 15) is 14.4 Å². The molecule has 28 heavy (non-hydrogen) atoms. The Morgan fingerprint density at radius 3 is 2.68 bits per heavy atom. The molecule has 0 fully saturated rings. The fraction of sp³-hybridized carbons (Fsp3) is 0.158. The molecule has 1 aromatic heterocycles. The number of carbonyl (C=O) groups excluding carboxylic acids is 2. The lowest BCUT2D eigenvalue weighted by Gasteiger charge is -2.16. The first-order valence-corrected chi connectivity index (χ1v) is 9.22. The van der Waals surface area contributed by atoms with Crippen LogP contribution < -0.4 is 21.3 Å². The van der Waals surface area contributed by atoms with E-state index in [4.69, 9.17) is 10.5 Å². The number of rotatable bonds is 5. The molecule has 0 aliphatic heterocycles. The van der Waals surface area contributed by atoms with Crippen molar-refractivity contribution < 1.29 is 14.3 Å². The Morgan fingerprint density at radius 2 is 1.96 bits per heavy atom. The number of aromatic nitrogens is 2. The van der Waals surface area contributed by atoms with E-state index < -0.39 is 17.2 Å². The molecular formula is C19H18N4O4S. The van der Waals surface area contributed by atoms with Gasteiger partial charge < -0.3 is 10.5 Å². The van der Waals surface area contributed by atoms with Crippen LogP contribution in [0.15, 0.2) is 58.5 Å². The fourth-order valence-electron chi connectivity index (χ4n) is 2.60. The van der Waals surface area contributed by atoms with Gasteiger partial charge in [0.2, 0.25) is 5.91 Å². The van der Waals surface area contributed by atoms with Gasteiger partial charge in [-0.05, 0) is 31.2 Å². The Labute approximate surface area is 164 Å². The highest BCUT2D eigenvalue weighted by atomic mass is 32.2. The number of hydrogen-bond acceptors (Lipinski definition) is 6. The van der Waals surface area contributed by atoms with Crippen molar-refractivity contribution >= 4 is 34.6 Å². The summed E-state index contributed by atoms with van der Waals surface area (Å²) in [7, 11) is 1.53. The molecule has 0 radical (unpaired) electrons. The van der Waals surface area contributed by atoms with E-state index in [2.05, 4.69) is 4.98 Å². The number of thioether (sulfide) groups is 1. The van der Waals surface area contributed by atoms with Gasteiger partial charge in [-0.25, -0.2) is 9.78 Å². The Kier molecular flexibility index (Phi) is 5.65. The van der Waals surface area contributed by atoms with Crippen molar-refractivity contribution in [2.24, 2.45) is 5.73 Å². The Bertz CT molecular complexity index is 1110. The summed E-state index contributed by atoms with van der Waals surface area (Å²) in [5.41, 5.74) is 5.80. The molecular weight excluding hydrogens is 380 g/mol. The number of fused-ring (bicyclic) bond motifs is 1. The highest BCUT2D eigenvalue weighted by molar-refractivity contribution is 8.00. The number of carbonyl (C=O) groups is 2. The van der Waals surface area contributed by atoms with Crippen LogP contribution in [0, 0.1) is 0 Å². The third-order valence-electron chi connectivity index (χ3n) is 3.95. The lowest BCUT2D eigenvalue weighted by Crippen LogP contribution is -2.39. The van der Waals surface area contributed by atoms with Gasteiger partial charge in [0.1, 0.15) is 5.75 Å². The summed E-state index contributed by atoms with van der Waals surface area (Å²) in [5, 5.41) is 2.08. The molecule has 1 heterocycles. The van der Waals surface area contributed by atoms with Gasteiger partial charge in [0.25, 0.3) is 5.56 Å². The summed E-state index contributed by atoms with van der Waals surface area (Å²) < 4.78 is 6.67. The van der Waals surface area contributed by atoms with E-state index in [1.165, 1.54) is 11.7 Å². The summed E-state index contributed by atoms with van der Waals surface area (Å²) in [6.45, 7) is 1.60. The number of para-hydroxylation sites is 1. The van der Waals surface area contributed by atoms with Crippen LogP contribution in [0.4, 0.5) is 4.79 Å². The first-order valence-electron chi connectivity index (χ1n) is 8.34. The molecule has 3 aromatic rings. The minimum atomic E-state index is -0.936. The van der Waals surface area contributed by atoms with Crippen LogP contribution in [-0.4, -0.2) is 33.8 Å². The number of imide groups is 1. The van der Waals surface area contributed by atoms with E-state index in [1.807, 2.05) is 5.32 Å². The van der Waals surface area contributed by atoms with Gasteiger partial charge in [-0.1, -0.05) is 30.0 Å². The Morgan fingerprint density at radius 1 is 1.21 bits per heavy atom. The number of urea groups is 1. The number of amides is 3. The quantitative estimate of drug-likeness (QED) is 0.502. The van der Waals surface area contributed by atoms with E-state index in [1.54, 1.807) is 55.5 Å². The SMILES string of the molecule is COc1cccc(-n2c(S[C@H](C)C(=O)NC(N)=O)nc3ccccc3c2=O)c1. The van der Waals surface area contributed by atoms with Crippen molar-refractivity contribution in [3.05, 3.63) is 58.9 Å². The molecule has 0 saturated carbocycles. The van der Waals surface area contributed by atoms with Gasteiger partial charge in [-0.2, -0.15) is 0 Å². The van der Waals surface area contributed by atoms with Crippen LogP contribution in [0.1, 0.15) is 6.92 Å². The largest absolute Gasteiger partial charge is 0.497 e. The third-order valence-corrected chi connectivity index (χ3v) is 5.01. The van der Waals surface area contributed by atoms with Crippen LogP contribution in [-0.2, 0) is 4.79 Å². The second-order valence-electron chi connectivity index (χ2n) is 5.87. The van der Waals surface area contributed by atoms with E-state index in [0.717, 1.165) is 11.8 Å². The number of methoxy groups -OCH3 is 1. The standard InChI is InChI=1S/C19H18N4O4S/c1-11(16(24)22-18(20)26)28-19-21-15-9-4-3-8-14(15)17(25)23(19)12-6-5-7-13(10-12)27-2/h3-11H,1-2H3,(H3,20,22,24,26)/t11-/m1/s1. The number of benzene rings is 2. The summed E-state index contributed by atoms with van der Waals surface area (Å²) >= 11 is 1.05. The molecule has 0 saturated heterocycles. The summed E-state index contributed by atoms with van der Waals surface area (Å²) in [4.78, 5) is 40.8. The number of nitrogens with two attached hydrogens (primary N) is 1. The molecule has 1 atom stereocenters. The first kappa shape index (κ1) is 19.4. The summed E-state index contributed by atoms with van der Waals surface area (Å²) in [5.74, 6) is 0.00475. The van der Waals surface area contributed by atoms with Crippen molar-refractivity contribution in [1.82, 2.24) is 14.9 Å². The first-order chi connectivity index (χ1) is 13.4. The highest BCUT2D eigenvalue weighted by Crippen LogP contribution is 2.26. The van der Waals surface area contributed by atoms with Crippen LogP contribution >= 0.6 is 11.8 Å². The lowest BCUT2D eigenvalue weighted by atomic mass is 10.2. The molecule has 9 heteroatoms. The summed E-state index contributed by atoms with van der Waals surface area (Å²) in [6, 6.07) is 13.0. The van der Waals surface area contributed by atoms with Gasteiger partial charge in [0, 0.05) is 6.07 Å². The Balaban J connectivity index is 2.15. The van der Waals surface area contributed by atoms with Gasteiger partial charge in [-0.3, -0.25) is 19.5 Å². The number of primary amides is 1. The molecule has 0 unspecified atom stereocenters. The number of hydrogen-bond donors (Lipinski definition) is 2. The average molecular weight is 398 g/mol. The van der Waals surface area contributed by atoms with Crippen LogP contribution in [0.3, 0.4) is 0 Å². The van der Waals surface area contributed by atoms with Gasteiger partial charge in [0.05, 0.1) is 29.0 Å². The van der Waals surface area contributed by atoms with E-state index >= 15 is 0 Å². The highest BCUT2D eigenvalue weighted by Gasteiger charge is 2.21. The van der Waals surface area contributed by atoms with Gasteiger partial charge in [0.15, 0.2) is 5.16 Å². The lowest BCUT2D eigenvalue weighted by molar-refractivity contribution is -0.119. The maximum Gasteiger partial charge on any atom is 0.318 e. The van der Waals surface area contributed by atoms with Crippen molar-refractivity contribution in [1.29, 1.82) is 0 Å². The van der Waals surface area contributed by atoms with Crippen LogP contribution in [0.5, 0.6) is 5.75 Å². The smallest absolute Gasteiger partial charge is 0.318 e. The van der Waals surface area contributed by atoms with Gasteiger partial charge >= 0.3 is 6.03 Å². The zero-order chi connectivity index (χ0) is 20.3. The monoisotopic (exact) mass is 398 g/mol. The number of ether oxygens (including phenoxy) is 1. The minimum absolute atomic E-state index is 0.274. The molecule has 8 nitrogen and oxygen atoms in total. The molecule has 0 aliphatic rings. The second-order valence-corrected chi connectivity index (χ2v) is 7.18. The second kappa shape index (κ2) is 8.13. The fourth-order valence-corrected chi connectivity index (χ4v) is 3.53. The number of nitrogens with zero attached hydrogens (tertiary/aromatic N) is 2. The minimum Gasteiger partial charge on any atom is -0.497 e.